The lowest BCUT2D eigenvalue weighted by Gasteiger charge is -2.58. The van der Waals surface area contributed by atoms with E-state index in [1.807, 2.05) is 13.8 Å². The summed E-state index contributed by atoms with van der Waals surface area (Å²) in [5, 5.41) is 20.3. The molecule has 4 rings (SSSR count). The van der Waals surface area contributed by atoms with E-state index in [1.54, 1.807) is 5.57 Å². The van der Waals surface area contributed by atoms with Gasteiger partial charge in [-0.3, -0.25) is 0 Å². The number of aliphatic hydroxyl groups excluding tert-OH is 1. The summed E-state index contributed by atoms with van der Waals surface area (Å²) in [6, 6.07) is 0. The second kappa shape index (κ2) is 7.66. The Balaban J connectivity index is 1.47. The van der Waals surface area contributed by atoms with Crippen molar-refractivity contribution in [3.8, 4) is 0 Å². The zero-order valence-electron chi connectivity index (χ0n) is 19.7. The molecule has 2 nitrogen and oxygen atoms in total. The number of fused-ring (bicyclic) bond motifs is 5. The van der Waals surface area contributed by atoms with Gasteiger partial charge in [0.25, 0.3) is 0 Å². The molecule has 4 aliphatic carbocycles. The SMILES string of the molecule is C[C@H](CCCC(C)(C)O)[C@H]1CC[C@@H]2[C@H]3CC=C4C[C@H](O)CC[C@]4(C)[C@@H]3CC[C@@]21C. The van der Waals surface area contributed by atoms with Crippen LogP contribution in [0.2, 0.25) is 0 Å². The van der Waals surface area contributed by atoms with Crippen molar-refractivity contribution in [1.82, 2.24) is 0 Å². The highest BCUT2D eigenvalue weighted by atomic mass is 16.3. The third kappa shape index (κ3) is 3.86. The Morgan fingerprint density at radius 2 is 1.86 bits per heavy atom. The lowest BCUT2D eigenvalue weighted by atomic mass is 9.47. The Labute approximate surface area is 179 Å². The van der Waals surface area contributed by atoms with Crippen molar-refractivity contribution in [3.05, 3.63) is 11.6 Å². The highest BCUT2D eigenvalue weighted by molar-refractivity contribution is 5.25. The minimum Gasteiger partial charge on any atom is -0.393 e. The van der Waals surface area contributed by atoms with Gasteiger partial charge >= 0.3 is 0 Å². The predicted octanol–water partition coefficient (Wildman–Crippen LogP) is 6.50. The maximum Gasteiger partial charge on any atom is 0.0591 e. The summed E-state index contributed by atoms with van der Waals surface area (Å²) in [5.41, 5.74) is 1.95. The summed E-state index contributed by atoms with van der Waals surface area (Å²) in [7, 11) is 0. The van der Waals surface area contributed by atoms with Crippen molar-refractivity contribution in [2.75, 3.05) is 0 Å². The van der Waals surface area contributed by atoms with Crippen LogP contribution in [0.1, 0.15) is 105 Å². The molecule has 0 aromatic rings. The van der Waals surface area contributed by atoms with E-state index in [2.05, 4.69) is 26.8 Å². The Morgan fingerprint density at radius 3 is 2.59 bits per heavy atom. The Bertz CT molecular complexity index is 631. The van der Waals surface area contributed by atoms with E-state index in [1.165, 1.54) is 44.9 Å². The third-order valence-electron chi connectivity index (χ3n) is 10.3. The summed E-state index contributed by atoms with van der Waals surface area (Å²) >= 11 is 0. The van der Waals surface area contributed by atoms with Gasteiger partial charge in [-0.2, -0.15) is 0 Å². The van der Waals surface area contributed by atoms with E-state index in [0.29, 0.717) is 10.8 Å². The van der Waals surface area contributed by atoms with Crippen LogP contribution in [0.15, 0.2) is 11.6 Å². The average molecular weight is 403 g/mol. The van der Waals surface area contributed by atoms with Crippen molar-refractivity contribution in [2.24, 2.45) is 40.4 Å². The average Bonchev–Trinajstić information content (AvgIpc) is 2.98. The Morgan fingerprint density at radius 1 is 1.10 bits per heavy atom. The number of allylic oxidation sites excluding steroid dienone is 1. The molecule has 0 saturated heterocycles. The standard InChI is InChI=1S/C27H46O2/c1-18(7-6-14-25(2,3)29)22-10-11-23-21-9-8-19-17-20(28)12-15-26(19,4)24(21)13-16-27(22,23)5/h8,18,20-24,28-29H,6-7,9-17H2,1-5H3/t18-,20-,21-,22-,23-,24-,26+,27-/m1/s1. The molecular formula is C27H46O2. The fourth-order valence-electron chi connectivity index (χ4n) is 8.67. The molecule has 4 aliphatic rings. The highest BCUT2D eigenvalue weighted by Crippen LogP contribution is 2.67. The second-order valence-electron chi connectivity index (χ2n) is 12.6. The van der Waals surface area contributed by atoms with Gasteiger partial charge in [0, 0.05) is 0 Å². The zero-order valence-corrected chi connectivity index (χ0v) is 19.7. The minimum absolute atomic E-state index is 0.0969. The van der Waals surface area contributed by atoms with Gasteiger partial charge in [-0.15, -0.1) is 0 Å². The van der Waals surface area contributed by atoms with Gasteiger partial charge in [0.1, 0.15) is 0 Å². The minimum atomic E-state index is -0.519. The first-order valence-corrected chi connectivity index (χ1v) is 12.6. The second-order valence-corrected chi connectivity index (χ2v) is 12.6. The van der Waals surface area contributed by atoms with Crippen LogP contribution in [-0.4, -0.2) is 21.9 Å². The molecule has 0 aromatic heterocycles. The summed E-state index contributed by atoms with van der Waals surface area (Å²) < 4.78 is 0. The molecule has 29 heavy (non-hydrogen) atoms. The van der Waals surface area contributed by atoms with Crippen LogP contribution < -0.4 is 0 Å². The lowest BCUT2D eigenvalue weighted by molar-refractivity contribution is -0.0575. The molecule has 0 spiro atoms. The molecule has 0 aliphatic heterocycles. The molecule has 0 unspecified atom stereocenters. The molecule has 8 atom stereocenters. The van der Waals surface area contributed by atoms with Gasteiger partial charge in [0.05, 0.1) is 11.7 Å². The van der Waals surface area contributed by atoms with Crippen LogP contribution in [0.3, 0.4) is 0 Å². The molecule has 0 aromatic carbocycles. The van der Waals surface area contributed by atoms with E-state index >= 15 is 0 Å². The first kappa shape index (κ1) is 21.9. The van der Waals surface area contributed by atoms with Crippen molar-refractivity contribution in [3.63, 3.8) is 0 Å². The number of hydrogen-bond acceptors (Lipinski definition) is 2. The normalized spacial score (nSPS) is 45.8. The summed E-state index contributed by atoms with van der Waals surface area (Å²) in [6.07, 6.45) is 15.9. The van der Waals surface area contributed by atoms with E-state index in [0.717, 1.165) is 55.3 Å². The topological polar surface area (TPSA) is 40.5 Å². The molecule has 3 saturated carbocycles. The van der Waals surface area contributed by atoms with E-state index in [4.69, 9.17) is 0 Å². The smallest absolute Gasteiger partial charge is 0.0591 e. The monoisotopic (exact) mass is 402 g/mol. The molecule has 0 bridgehead atoms. The van der Waals surface area contributed by atoms with Crippen molar-refractivity contribution in [1.29, 1.82) is 0 Å². The van der Waals surface area contributed by atoms with Crippen LogP contribution in [0, 0.1) is 40.4 Å². The quantitative estimate of drug-likeness (QED) is 0.515. The molecular weight excluding hydrogens is 356 g/mol. The van der Waals surface area contributed by atoms with Gasteiger partial charge in [0.2, 0.25) is 0 Å². The largest absolute Gasteiger partial charge is 0.393 e. The lowest BCUT2D eigenvalue weighted by Crippen LogP contribution is -2.50. The maximum absolute atomic E-state index is 10.2. The molecule has 3 fully saturated rings. The van der Waals surface area contributed by atoms with E-state index in [9.17, 15) is 10.2 Å². The predicted molar refractivity (Wildman–Crippen MR) is 121 cm³/mol. The first-order valence-electron chi connectivity index (χ1n) is 12.6. The van der Waals surface area contributed by atoms with E-state index in [-0.39, 0.29) is 6.10 Å². The van der Waals surface area contributed by atoms with Crippen molar-refractivity contribution < 1.29 is 10.2 Å². The highest BCUT2D eigenvalue weighted by Gasteiger charge is 2.59. The molecule has 166 valence electrons. The van der Waals surface area contributed by atoms with Crippen LogP contribution in [-0.2, 0) is 0 Å². The van der Waals surface area contributed by atoms with Gasteiger partial charge in [-0.25, -0.2) is 0 Å². The molecule has 0 heterocycles. The number of rotatable bonds is 5. The molecule has 2 N–H and O–H groups in total. The Hall–Kier alpha value is -0.340. The fraction of sp³-hybridized carbons (Fsp3) is 0.926. The van der Waals surface area contributed by atoms with Crippen LogP contribution in [0.4, 0.5) is 0 Å². The van der Waals surface area contributed by atoms with Gasteiger partial charge in [0.15, 0.2) is 0 Å². The summed E-state index contributed by atoms with van der Waals surface area (Å²) in [5.74, 6) is 4.24. The van der Waals surface area contributed by atoms with Crippen molar-refractivity contribution >= 4 is 0 Å². The Kier molecular flexibility index (Phi) is 5.78. The van der Waals surface area contributed by atoms with Gasteiger partial charge in [-0.05, 0) is 112 Å². The van der Waals surface area contributed by atoms with Crippen LogP contribution >= 0.6 is 0 Å². The fourth-order valence-corrected chi connectivity index (χ4v) is 8.67. The van der Waals surface area contributed by atoms with E-state index < -0.39 is 5.60 Å². The van der Waals surface area contributed by atoms with Gasteiger partial charge < -0.3 is 10.2 Å². The molecule has 0 amide bonds. The summed E-state index contributed by atoms with van der Waals surface area (Å²) in [4.78, 5) is 0. The first-order chi connectivity index (χ1) is 13.5. The van der Waals surface area contributed by atoms with Crippen LogP contribution in [0.25, 0.3) is 0 Å². The van der Waals surface area contributed by atoms with Crippen LogP contribution in [0.5, 0.6) is 0 Å². The third-order valence-corrected chi connectivity index (χ3v) is 10.3. The number of hydrogen-bond donors (Lipinski definition) is 2. The van der Waals surface area contributed by atoms with Gasteiger partial charge in [-0.1, -0.05) is 45.3 Å². The summed E-state index contributed by atoms with van der Waals surface area (Å²) in [6.45, 7) is 11.6. The van der Waals surface area contributed by atoms with Crippen molar-refractivity contribution in [2.45, 2.75) is 117 Å². The molecule has 0 radical (unpaired) electrons. The maximum atomic E-state index is 10.2. The molecule has 2 heteroatoms. The number of aliphatic hydroxyl groups is 2. The zero-order chi connectivity index (χ0) is 21.0.